The van der Waals surface area contributed by atoms with Crippen LogP contribution in [0.2, 0.25) is 5.02 Å². The number of hydrogen-bond acceptors (Lipinski definition) is 6. The van der Waals surface area contributed by atoms with Crippen molar-refractivity contribution in [3.63, 3.8) is 0 Å². The molecule has 0 bridgehead atoms. The van der Waals surface area contributed by atoms with Gasteiger partial charge in [0.1, 0.15) is 5.75 Å². The van der Waals surface area contributed by atoms with Gasteiger partial charge in [-0.3, -0.25) is 19.7 Å². The number of nitrogens with zero attached hydrogens (tertiary/aromatic N) is 2. The van der Waals surface area contributed by atoms with E-state index in [1.807, 2.05) is 6.07 Å². The fraction of sp³-hybridized carbons (Fsp3) is 0.167. The van der Waals surface area contributed by atoms with Gasteiger partial charge in [-0.05, 0) is 12.1 Å². The lowest BCUT2D eigenvalue weighted by atomic mass is 10.1. The molecule has 2 N–H and O–H groups in total. The number of ether oxygens (including phenoxy) is 1. The van der Waals surface area contributed by atoms with Crippen LogP contribution >= 0.6 is 11.6 Å². The molecule has 0 aromatic heterocycles. The summed E-state index contributed by atoms with van der Waals surface area (Å²) in [6.07, 6.45) is 0. The van der Waals surface area contributed by atoms with Crippen LogP contribution in [0.25, 0.3) is 0 Å². The number of benzene rings is 2. The van der Waals surface area contributed by atoms with E-state index in [9.17, 15) is 24.1 Å². The van der Waals surface area contributed by atoms with Crippen molar-refractivity contribution < 1.29 is 23.6 Å². The van der Waals surface area contributed by atoms with Crippen molar-refractivity contribution in [1.29, 1.82) is 5.26 Å². The van der Waals surface area contributed by atoms with Crippen molar-refractivity contribution in [3.05, 3.63) is 68.0 Å². The highest BCUT2D eigenvalue weighted by molar-refractivity contribution is 6.34. The third-order valence-corrected chi connectivity index (χ3v) is 4.06. The first-order valence-corrected chi connectivity index (χ1v) is 8.42. The first-order chi connectivity index (χ1) is 13.8. The Morgan fingerprint density at radius 2 is 2.07 bits per heavy atom. The number of nitriles is 1. The maximum Gasteiger partial charge on any atom is 0.305 e. The number of carbonyl (C=O) groups excluding carboxylic acids is 2. The number of nitro groups is 1. The Morgan fingerprint density at radius 3 is 2.69 bits per heavy atom. The average molecular weight is 421 g/mol. The minimum atomic E-state index is -1.16. The second-order valence-electron chi connectivity index (χ2n) is 5.62. The molecule has 0 saturated heterocycles. The minimum Gasteiger partial charge on any atom is -0.483 e. The summed E-state index contributed by atoms with van der Waals surface area (Å²) in [5, 5.41) is 24.5. The van der Waals surface area contributed by atoms with E-state index in [-0.39, 0.29) is 35.1 Å². The van der Waals surface area contributed by atoms with Crippen molar-refractivity contribution >= 4 is 29.1 Å². The Labute approximate surface area is 169 Å². The van der Waals surface area contributed by atoms with E-state index >= 15 is 0 Å². The molecule has 0 aliphatic heterocycles. The highest BCUT2D eigenvalue weighted by atomic mass is 35.5. The van der Waals surface area contributed by atoms with Crippen molar-refractivity contribution in [2.45, 2.75) is 6.54 Å². The predicted molar refractivity (Wildman–Crippen MR) is 100.0 cm³/mol. The maximum atomic E-state index is 13.6. The smallest absolute Gasteiger partial charge is 0.305 e. The molecule has 0 saturated carbocycles. The summed E-state index contributed by atoms with van der Waals surface area (Å²) in [5.74, 6) is -2.13. The molecule has 11 heteroatoms. The second kappa shape index (κ2) is 9.48. The van der Waals surface area contributed by atoms with Crippen molar-refractivity contribution in [2.24, 2.45) is 0 Å². The van der Waals surface area contributed by atoms with Crippen LogP contribution < -0.4 is 15.4 Å². The van der Waals surface area contributed by atoms with E-state index < -0.39 is 28.2 Å². The quantitative estimate of drug-likeness (QED) is 0.521. The number of nitro benzene ring substituents is 1. The maximum absolute atomic E-state index is 13.6. The number of halogens is 2. The van der Waals surface area contributed by atoms with Gasteiger partial charge in [0.15, 0.2) is 6.61 Å². The third-order valence-electron chi connectivity index (χ3n) is 3.75. The standard InChI is InChI=1S/C18H14ClFN4O5/c1-22-17(25)9-29-16-4-10(7-21)2-3-11(16)8-23-18(26)12-5-15(24(27)28)14(20)6-13(12)19/h2-6H,8-9H2,1H3,(H,22,25)(H,23,26). The lowest BCUT2D eigenvalue weighted by Crippen LogP contribution is -2.26. The normalized spacial score (nSPS) is 10.0. The largest absolute Gasteiger partial charge is 0.483 e. The molecule has 150 valence electrons. The van der Waals surface area contributed by atoms with Crippen LogP contribution in [0.1, 0.15) is 21.5 Å². The van der Waals surface area contributed by atoms with Crippen LogP contribution in [0.5, 0.6) is 5.75 Å². The van der Waals surface area contributed by atoms with Crippen LogP contribution in [0.15, 0.2) is 30.3 Å². The summed E-state index contributed by atoms with van der Waals surface area (Å²) in [6, 6.07) is 7.78. The summed E-state index contributed by atoms with van der Waals surface area (Å²) in [6.45, 7) is -0.405. The lowest BCUT2D eigenvalue weighted by molar-refractivity contribution is -0.387. The minimum absolute atomic E-state index is 0.102. The number of carbonyl (C=O) groups is 2. The van der Waals surface area contributed by atoms with Gasteiger partial charge in [-0.2, -0.15) is 9.65 Å². The molecule has 0 radical (unpaired) electrons. The van der Waals surface area contributed by atoms with Crippen LogP contribution in [-0.2, 0) is 11.3 Å². The van der Waals surface area contributed by atoms with Crippen LogP contribution in [-0.4, -0.2) is 30.4 Å². The Kier molecular flexibility index (Phi) is 7.05. The molecule has 0 aliphatic carbocycles. The molecular weight excluding hydrogens is 407 g/mol. The van der Waals surface area contributed by atoms with Gasteiger partial charge in [-0.15, -0.1) is 0 Å². The number of rotatable bonds is 7. The second-order valence-corrected chi connectivity index (χ2v) is 6.03. The van der Waals surface area contributed by atoms with Crippen molar-refractivity contribution in [2.75, 3.05) is 13.7 Å². The average Bonchev–Trinajstić information content (AvgIpc) is 2.70. The molecule has 2 rings (SSSR count). The zero-order valence-electron chi connectivity index (χ0n) is 15.0. The van der Waals surface area contributed by atoms with E-state index in [4.69, 9.17) is 21.6 Å². The van der Waals surface area contributed by atoms with Crippen LogP contribution in [0.4, 0.5) is 10.1 Å². The van der Waals surface area contributed by atoms with Gasteiger partial charge in [0, 0.05) is 31.3 Å². The number of hydrogen-bond donors (Lipinski definition) is 2. The fourth-order valence-electron chi connectivity index (χ4n) is 2.24. The van der Waals surface area contributed by atoms with Gasteiger partial charge < -0.3 is 15.4 Å². The molecule has 2 aromatic rings. The van der Waals surface area contributed by atoms with Gasteiger partial charge in [0.2, 0.25) is 5.82 Å². The van der Waals surface area contributed by atoms with Gasteiger partial charge >= 0.3 is 5.69 Å². The summed E-state index contributed by atoms with van der Waals surface area (Å²) in [5.41, 5.74) is -0.438. The Morgan fingerprint density at radius 1 is 1.34 bits per heavy atom. The summed E-state index contributed by atoms with van der Waals surface area (Å²) in [7, 11) is 1.43. The molecular formula is C18H14ClFN4O5. The molecule has 0 aliphatic rings. The van der Waals surface area contributed by atoms with Gasteiger partial charge in [-0.25, -0.2) is 0 Å². The third kappa shape index (κ3) is 5.40. The molecule has 0 fully saturated rings. The van der Waals surface area contributed by atoms with Gasteiger partial charge in [0.05, 0.1) is 27.1 Å². The Bertz CT molecular complexity index is 1020. The van der Waals surface area contributed by atoms with Gasteiger partial charge in [0.25, 0.3) is 11.8 Å². The molecule has 29 heavy (non-hydrogen) atoms. The molecule has 0 heterocycles. The van der Waals surface area contributed by atoms with E-state index in [2.05, 4.69) is 10.6 Å². The molecule has 0 unspecified atom stereocenters. The zero-order valence-corrected chi connectivity index (χ0v) is 15.7. The van der Waals surface area contributed by atoms with Crippen molar-refractivity contribution in [1.82, 2.24) is 10.6 Å². The van der Waals surface area contributed by atoms with E-state index in [1.54, 1.807) is 0 Å². The Hall–Kier alpha value is -3.71. The SMILES string of the molecule is CNC(=O)COc1cc(C#N)ccc1CNC(=O)c1cc([N+](=O)[O-])c(F)cc1Cl. The topological polar surface area (TPSA) is 134 Å². The number of nitrogens with one attached hydrogen (secondary N) is 2. The van der Waals surface area contributed by atoms with Crippen molar-refractivity contribution in [3.8, 4) is 11.8 Å². The lowest BCUT2D eigenvalue weighted by Gasteiger charge is -2.13. The monoisotopic (exact) mass is 420 g/mol. The highest BCUT2D eigenvalue weighted by Crippen LogP contribution is 2.26. The van der Waals surface area contributed by atoms with E-state index in [0.29, 0.717) is 11.6 Å². The number of amides is 2. The van der Waals surface area contributed by atoms with Gasteiger partial charge in [-0.1, -0.05) is 17.7 Å². The molecule has 0 atom stereocenters. The number of likely N-dealkylation sites (N-methyl/N-ethyl adjacent to an activating group) is 1. The predicted octanol–water partition coefficient (Wildman–Crippen LogP) is 2.31. The summed E-state index contributed by atoms with van der Waals surface area (Å²) in [4.78, 5) is 33.7. The zero-order chi connectivity index (χ0) is 21.6. The first-order valence-electron chi connectivity index (χ1n) is 8.04. The van der Waals surface area contributed by atoms with Crippen LogP contribution in [0.3, 0.4) is 0 Å². The van der Waals surface area contributed by atoms with Crippen LogP contribution in [0, 0.1) is 27.3 Å². The molecule has 0 spiro atoms. The Balaban J connectivity index is 2.22. The molecule has 2 aromatic carbocycles. The molecule has 9 nitrogen and oxygen atoms in total. The summed E-state index contributed by atoms with van der Waals surface area (Å²) >= 11 is 5.83. The molecule has 2 amide bonds. The van der Waals surface area contributed by atoms with E-state index in [1.165, 1.54) is 25.2 Å². The van der Waals surface area contributed by atoms with E-state index in [0.717, 1.165) is 6.07 Å². The fourth-order valence-corrected chi connectivity index (χ4v) is 2.48. The first kappa shape index (κ1) is 21.6. The highest BCUT2D eigenvalue weighted by Gasteiger charge is 2.21. The summed E-state index contributed by atoms with van der Waals surface area (Å²) < 4.78 is 18.9.